The van der Waals surface area contributed by atoms with Crippen LogP contribution in [-0.2, 0) is 14.8 Å². The fourth-order valence-corrected chi connectivity index (χ4v) is 4.83. The van der Waals surface area contributed by atoms with E-state index in [9.17, 15) is 13.2 Å². The minimum Gasteiger partial charge on any atom is -0.490 e. The first kappa shape index (κ1) is 19.2. The van der Waals surface area contributed by atoms with Gasteiger partial charge in [0.25, 0.3) is 0 Å². The smallest absolute Gasteiger partial charge is 0.228 e. The Hall–Kier alpha value is -1.60. The van der Waals surface area contributed by atoms with Gasteiger partial charge in [-0.15, -0.1) is 0 Å². The number of amides is 1. The lowest BCUT2D eigenvalue weighted by Crippen LogP contribution is -2.44. The molecule has 2 aliphatic rings. The van der Waals surface area contributed by atoms with Crippen LogP contribution >= 0.6 is 0 Å². The van der Waals surface area contributed by atoms with Gasteiger partial charge in [0.15, 0.2) is 0 Å². The second kappa shape index (κ2) is 8.39. The van der Waals surface area contributed by atoms with E-state index in [1.165, 1.54) is 17.1 Å². The Morgan fingerprint density at radius 3 is 2.50 bits per heavy atom. The number of ether oxygens (including phenoxy) is 1. The first-order chi connectivity index (χ1) is 12.5. The number of carbonyl (C=O) groups is 1. The summed E-state index contributed by atoms with van der Waals surface area (Å²) in [7, 11) is -3.24. The maximum Gasteiger partial charge on any atom is 0.228 e. The topological polar surface area (TPSA) is 75.7 Å². The van der Waals surface area contributed by atoms with Gasteiger partial charge in [-0.3, -0.25) is 4.79 Å². The molecule has 26 heavy (non-hydrogen) atoms. The van der Waals surface area contributed by atoms with Crippen molar-refractivity contribution >= 4 is 21.6 Å². The zero-order valence-electron chi connectivity index (χ0n) is 15.3. The second-order valence-electron chi connectivity index (χ2n) is 7.14. The Kier molecular flexibility index (Phi) is 6.19. The van der Waals surface area contributed by atoms with Crippen LogP contribution in [0, 0.1) is 5.92 Å². The van der Waals surface area contributed by atoms with E-state index in [4.69, 9.17) is 4.74 Å². The fraction of sp³-hybridized carbons (Fsp3) is 0.632. The minimum atomic E-state index is -3.24. The molecule has 3 rings (SSSR count). The highest BCUT2D eigenvalue weighted by atomic mass is 32.2. The SMILES string of the molecule is CCS(=O)(=O)N1CCCC(C(=O)Nc2ccc(OC3CCCC3)cc2)C1. The Morgan fingerprint density at radius 2 is 1.85 bits per heavy atom. The zero-order valence-corrected chi connectivity index (χ0v) is 16.1. The Labute approximate surface area is 156 Å². The lowest BCUT2D eigenvalue weighted by molar-refractivity contribution is -0.120. The molecule has 6 nitrogen and oxygen atoms in total. The molecular weight excluding hydrogens is 352 g/mol. The van der Waals surface area contributed by atoms with Crippen molar-refractivity contribution < 1.29 is 17.9 Å². The largest absolute Gasteiger partial charge is 0.490 e. The van der Waals surface area contributed by atoms with Gasteiger partial charge in [0.1, 0.15) is 5.75 Å². The van der Waals surface area contributed by atoms with Crippen molar-refractivity contribution in [1.82, 2.24) is 4.31 Å². The highest BCUT2D eigenvalue weighted by molar-refractivity contribution is 7.89. The number of rotatable bonds is 6. The second-order valence-corrected chi connectivity index (χ2v) is 9.39. The highest BCUT2D eigenvalue weighted by Crippen LogP contribution is 2.26. The standard InChI is InChI=1S/C19H28N2O4S/c1-2-26(23,24)21-13-5-6-15(14-21)19(22)20-16-9-11-18(12-10-16)25-17-7-3-4-8-17/h9-12,15,17H,2-8,13-14H2,1H3,(H,20,22). The zero-order chi connectivity index (χ0) is 18.6. The van der Waals surface area contributed by atoms with Crippen LogP contribution in [0.15, 0.2) is 24.3 Å². The average Bonchev–Trinajstić information content (AvgIpc) is 3.16. The quantitative estimate of drug-likeness (QED) is 0.823. The van der Waals surface area contributed by atoms with Gasteiger partial charge in [0.05, 0.1) is 17.8 Å². The summed E-state index contributed by atoms with van der Waals surface area (Å²) in [4.78, 5) is 12.5. The summed E-state index contributed by atoms with van der Waals surface area (Å²) in [5.74, 6) is 0.474. The van der Waals surface area contributed by atoms with Crippen LogP contribution < -0.4 is 10.1 Å². The molecule has 1 aliphatic carbocycles. The van der Waals surface area contributed by atoms with Crippen LogP contribution in [0.4, 0.5) is 5.69 Å². The molecule has 1 saturated heterocycles. The van der Waals surface area contributed by atoms with Crippen molar-refractivity contribution in [2.75, 3.05) is 24.2 Å². The number of benzene rings is 1. The summed E-state index contributed by atoms with van der Waals surface area (Å²) in [5, 5.41) is 2.91. The van der Waals surface area contributed by atoms with Crippen molar-refractivity contribution in [3.63, 3.8) is 0 Å². The molecule has 1 aromatic rings. The number of carbonyl (C=O) groups excluding carboxylic acids is 1. The van der Waals surface area contributed by atoms with E-state index >= 15 is 0 Å². The number of piperidine rings is 1. The van der Waals surface area contributed by atoms with Crippen molar-refractivity contribution in [3.8, 4) is 5.75 Å². The summed E-state index contributed by atoms with van der Waals surface area (Å²) in [6.07, 6.45) is 6.41. The molecular formula is C19H28N2O4S. The molecule has 0 aromatic heterocycles. The maximum absolute atomic E-state index is 12.5. The van der Waals surface area contributed by atoms with Gasteiger partial charge < -0.3 is 10.1 Å². The number of hydrogen-bond acceptors (Lipinski definition) is 4. The predicted octanol–water partition coefficient (Wildman–Crippen LogP) is 3.01. The Morgan fingerprint density at radius 1 is 1.15 bits per heavy atom. The summed E-state index contributed by atoms with van der Waals surface area (Å²) in [5.41, 5.74) is 0.712. The number of sulfonamides is 1. The first-order valence-electron chi connectivity index (χ1n) is 9.53. The van der Waals surface area contributed by atoms with Gasteiger partial charge in [-0.1, -0.05) is 0 Å². The highest BCUT2D eigenvalue weighted by Gasteiger charge is 2.31. The van der Waals surface area contributed by atoms with Crippen LogP contribution in [0.2, 0.25) is 0 Å². The van der Waals surface area contributed by atoms with Gasteiger partial charge in [-0.2, -0.15) is 0 Å². The fourth-order valence-electron chi connectivity index (χ4n) is 3.65. The average molecular weight is 381 g/mol. The predicted molar refractivity (Wildman–Crippen MR) is 102 cm³/mol. The van der Waals surface area contributed by atoms with Crippen LogP contribution in [0.5, 0.6) is 5.75 Å². The lowest BCUT2D eigenvalue weighted by Gasteiger charge is -2.30. The van der Waals surface area contributed by atoms with Gasteiger partial charge in [0.2, 0.25) is 15.9 Å². The van der Waals surface area contributed by atoms with E-state index in [1.807, 2.05) is 24.3 Å². The van der Waals surface area contributed by atoms with Gasteiger partial charge >= 0.3 is 0 Å². The van der Waals surface area contributed by atoms with Gasteiger partial charge in [-0.05, 0) is 69.7 Å². The number of nitrogens with one attached hydrogen (secondary N) is 1. The normalized spacial score (nSPS) is 22.3. The van der Waals surface area contributed by atoms with E-state index in [-0.39, 0.29) is 24.1 Å². The summed E-state index contributed by atoms with van der Waals surface area (Å²) in [6, 6.07) is 7.43. The molecule has 0 bridgehead atoms. The third kappa shape index (κ3) is 4.76. The third-order valence-corrected chi connectivity index (χ3v) is 7.09. The van der Waals surface area contributed by atoms with E-state index in [0.29, 0.717) is 31.2 Å². The van der Waals surface area contributed by atoms with Crippen LogP contribution in [0.25, 0.3) is 0 Å². The number of hydrogen-bond donors (Lipinski definition) is 1. The summed E-state index contributed by atoms with van der Waals surface area (Å²) < 4.78 is 31.5. The first-order valence-corrected chi connectivity index (χ1v) is 11.1. The monoisotopic (exact) mass is 380 g/mol. The van der Waals surface area contributed by atoms with Gasteiger partial charge in [0, 0.05) is 18.8 Å². The maximum atomic E-state index is 12.5. The van der Waals surface area contributed by atoms with Crippen LogP contribution in [0.1, 0.15) is 45.4 Å². The summed E-state index contributed by atoms with van der Waals surface area (Å²) in [6.45, 7) is 2.41. The molecule has 1 N–H and O–H groups in total. The minimum absolute atomic E-state index is 0.0732. The van der Waals surface area contributed by atoms with E-state index in [2.05, 4.69) is 5.32 Å². The Balaban J connectivity index is 1.55. The Bertz CT molecular complexity index is 712. The van der Waals surface area contributed by atoms with Crippen molar-refractivity contribution in [2.24, 2.45) is 5.92 Å². The molecule has 0 radical (unpaired) electrons. The third-order valence-electron chi connectivity index (χ3n) is 5.24. The molecule has 7 heteroatoms. The lowest BCUT2D eigenvalue weighted by atomic mass is 9.99. The molecule has 1 amide bonds. The number of anilines is 1. The van der Waals surface area contributed by atoms with E-state index in [0.717, 1.165) is 18.6 Å². The molecule has 1 aromatic carbocycles. The molecule has 1 saturated carbocycles. The van der Waals surface area contributed by atoms with E-state index < -0.39 is 10.0 Å². The van der Waals surface area contributed by atoms with Crippen molar-refractivity contribution in [3.05, 3.63) is 24.3 Å². The van der Waals surface area contributed by atoms with E-state index in [1.54, 1.807) is 6.92 Å². The van der Waals surface area contributed by atoms with Gasteiger partial charge in [-0.25, -0.2) is 12.7 Å². The molecule has 144 valence electrons. The van der Waals surface area contributed by atoms with Crippen molar-refractivity contribution in [1.29, 1.82) is 0 Å². The molecule has 2 fully saturated rings. The molecule has 0 spiro atoms. The van der Waals surface area contributed by atoms with Crippen molar-refractivity contribution in [2.45, 2.75) is 51.6 Å². The number of nitrogens with zero attached hydrogens (tertiary/aromatic N) is 1. The van der Waals surface area contributed by atoms with Crippen LogP contribution in [0.3, 0.4) is 0 Å². The van der Waals surface area contributed by atoms with Crippen LogP contribution in [-0.4, -0.2) is 43.6 Å². The molecule has 1 heterocycles. The molecule has 1 atom stereocenters. The summed E-state index contributed by atoms with van der Waals surface area (Å²) >= 11 is 0. The molecule has 1 aliphatic heterocycles. The molecule has 1 unspecified atom stereocenters.